The molecule has 0 aliphatic heterocycles. The molecule has 3 heterocycles. The Hall–Kier alpha value is -10.7. The molecule has 0 radical (unpaired) electrons. The standard InChI is InChI=1S/C82H70N8/c1-79(2,3)56-29-37-72-66(45-56)67-46-57(80(4,5)6)30-38-73(67)89(72)70-35-27-54(43-64(70)52-20-17-19-50(41-52)49-83)76-86-77(88-78(87-76)63-24-16-15-23-62(63)51-25-33-60(84-13)34-26-51)55-28-36-71(65(44-55)53-21-18-22-61(42-53)85-14)90-74-39-31-58(81(7,8)9)47-68(74)69-48-59(82(10,11)12)32-40-75(69)90/h15-48H,1-12H3. The summed E-state index contributed by atoms with van der Waals surface area (Å²) >= 11 is 0. The average Bonchev–Trinajstić information content (AvgIpc) is 1.56. The van der Waals surface area contributed by atoms with Gasteiger partial charge in [-0.1, -0.05) is 186 Å². The number of nitriles is 1. The van der Waals surface area contributed by atoms with Crippen LogP contribution in [0.3, 0.4) is 0 Å². The molecule has 8 nitrogen and oxygen atoms in total. The van der Waals surface area contributed by atoms with Crippen LogP contribution in [0.2, 0.25) is 0 Å². The summed E-state index contributed by atoms with van der Waals surface area (Å²) in [5.74, 6) is 1.38. The Labute approximate surface area is 528 Å². The van der Waals surface area contributed by atoms with Crippen LogP contribution in [0.1, 0.15) is 111 Å². The van der Waals surface area contributed by atoms with Gasteiger partial charge in [0.05, 0.1) is 58.2 Å². The zero-order valence-electron chi connectivity index (χ0n) is 53.2. The Morgan fingerprint density at radius 3 is 1.13 bits per heavy atom. The number of nitrogens with zero attached hydrogens (tertiary/aromatic N) is 8. The van der Waals surface area contributed by atoms with Gasteiger partial charge in [0, 0.05) is 49.4 Å². The molecule has 0 fully saturated rings. The third-order valence-corrected chi connectivity index (χ3v) is 17.7. The van der Waals surface area contributed by atoms with Crippen molar-refractivity contribution in [3.63, 3.8) is 0 Å². The van der Waals surface area contributed by atoms with Crippen LogP contribution >= 0.6 is 0 Å². The predicted molar refractivity (Wildman–Crippen MR) is 373 cm³/mol. The van der Waals surface area contributed by atoms with Crippen LogP contribution in [0.4, 0.5) is 11.4 Å². The van der Waals surface area contributed by atoms with E-state index < -0.39 is 0 Å². The molecule has 8 heteroatoms. The smallest absolute Gasteiger partial charge is 0.187 e. The molecular formula is C82H70N8. The van der Waals surface area contributed by atoms with E-state index in [0.717, 1.165) is 83.5 Å². The van der Waals surface area contributed by atoms with Gasteiger partial charge in [0.15, 0.2) is 28.8 Å². The first kappa shape index (κ1) is 58.3. The van der Waals surface area contributed by atoms with Gasteiger partial charge in [-0.3, -0.25) is 0 Å². The summed E-state index contributed by atoms with van der Waals surface area (Å²) < 4.78 is 4.75. The Bertz CT molecular complexity index is 4780. The van der Waals surface area contributed by atoms with Crippen molar-refractivity contribution in [2.75, 3.05) is 0 Å². The van der Waals surface area contributed by atoms with E-state index in [9.17, 15) is 5.26 Å². The summed E-state index contributed by atoms with van der Waals surface area (Å²) in [7, 11) is 0. The van der Waals surface area contributed by atoms with Gasteiger partial charge < -0.3 is 9.13 Å². The van der Waals surface area contributed by atoms with E-state index in [4.69, 9.17) is 28.1 Å². The highest BCUT2D eigenvalue weighted by Gasteiger charge is 2.27. The fraction of sp³-hybridized carbons (Fsp3) is 0.195. The molecule has 3 aromatic heterocycles. The van der Waals surface area contributed by atoms with E-state index >= 15 is 0 Å². The van der Waals surface area contributed by atoms with Crippen LogP contribution in [0.15, 0.2) is 206 Å². The third-order valence-electron chi connectivity index (χ3n) is 17.7. The number of aromatic nitrogens is 5. The SMILES string of the molecule is [C-]#[N+]c1ccc(-c2ccccc2-c2nc(-c3ccc(-n4c5ccc(C(C)(C)C)cc5c5cc(C(C)(C)C)ccc54)c(-c4cccc(C#N)c4)c3)nc(-c3ccc(-n4c5ccc(C(C)(C)C)cc5c5cc(C(C)(C)C)ccc54)c(-c4cccc([N+]#[C-])c4)c3)n2)cc1. The Kier molecular flexibility index (Phi) is 14.2. The highest BCUT2D eigenvalue weighted by Crippen LogP contribution is 2.45. The van der Waals surface area contributed by atoms with Crippen LogP contribution < -0.4 is 0 Å². The minimum absolute atomic E-state index is 0.0744. The zero-order valence-corrected chi connectivity index (χ0v) is 53.2. The summed E-state index contributed by atoms with van der Waals surface area (Å²) in [6.45, 7) is 43.0. The summed E-state index contributed by atoms with van der Waals surface area (Å²) in [6.07, 6.45) is 0. The molecule has 0 atom stereocenters. The normalized spacial score (nSPS) is 12.2. The first-order valence-corrected chi connectivity index (χ1v) is 30.8. The van der Waals surface area contributed by atoms with Crippen molar-refractivity contribution in [3.8, 4) is 85.0 Å². The molecule has 0 saturated heterocycles. The molecule has 13 rings (SSSR count). The maximum Gasteiger partial charge on any atom is 0.187 e. The van der Waals surface area contributed by atoms with Crippen LogP contribution in [0.25, 0.3) is 132 Å². The van der Waals surface area contributed by atoms with E-state index in [2.05, 4.69) is 235 Å². The van der Waals surface area contributed by atoms with Crippen LogP contribution in [-0.2, 0) is 21.7 Å². The summed E-state index contributed by atoms with van der Waals surface area (Å²) in [5, 5.41) is 15.1. The maximum atomic E-state index is 10.4. The van der Waals surface area contributed by atoms with Crippen LogP contribution in [0.5, 0.6) is 0 Å². The molecule has 10 aromatic carbocycles. The topological polar surface area (TPSA) is 81.0 Å². The molecule has 438 valence electrons. The molecule has 13 aromatic rings. The summed E-state index contributed by atoms with van der Waals surface area (Å²) in [4.78, 5) is 24.0. The van der Waals surface area contributed by atoms with Crippen molar-refractivity contribution in [2.45, 2.75) is 105 Å². The first-order valence-electron chi connectivity index (χ1n) is 30.8. The second-order valence-corrected chi connectivity index (χ2v) is 27.9. The second-order valence-electron chi connectivity index (χ2n) is 27.9. The van der Waals surface area contributed by atoms with E-state index in [0.29, 0.717) is 34.4 Å². The van der Waals surface area contributed by atoms with Gasteiger partial charge in [0.1, 0.15) is 0 Å². The van der Waals surface area contributed by atoms with Gasteiger partial charge in [0.25, 0.3) is 0 Å². The van der Waals surface area contributed by atoms with Crippen molar-refractivity contribution in [2.24, 2.45) is 0 Å². The van der Waals surface area contributed by atoms with Gasteiger partial charge in [0.2, 0.25) is 0 Å². The lowest BCUT2D eigenvalue weighted by molar-refractivity contribution is 0.590. The summed E-state index contributed by atoms with van der Waals surface area (Å²) in [5.41, 5.74) is 20.2. The molecule has 90 heavy (non-hydrogen) atoms. The van der Waals surface area contributed by atoms with Gasteiger partial charge in [-0.05, 0) is 169 Å². The van der Waals surface area contributed by atoms with E-state index in [1.807, 2.05) is 78.9 Å². The number of fused-ring (bicyclic) bond motifs is 6. The average molecular weight is 1170 g/mol. The molecule has 0 aliphatic carbocycles. The lowest BCUT2D eigenvalue weighted by Gasteiger charge is -2.20. The molecular weight excluding hydrogens is 1100 g/mol. The van der Waals surface area contributed by atoms with Crippen LogP contribution in [-0.4, -0.2) is 24.1 Å². The van der Waals surface area contributed by atoms with Gasteiger partial charge >= 0.3 is 0 Å². The lowest BCUT2D eigenvalue weighted by Crippen LogP contribution is -2.10. The lowest BCUT2D eigenvalue weighted by atomic mass is 9.85. The first-order chi connectivity index (χ1) is 43.0. The predicted octanol–water partition coefficient (Wildman–Crippen LogP) is 22.2. The third kappa shape index (κ3) is 10.6. The van der Waals surface area contributed by atoms with Crippen LogP contribution in [0, 0.1) is 24.5 Å². The Morgan fingerprint density at radius 2 is 0.722 bits per heavy atom. The molecule has 0 bridgehead atoms. The van der Waals surface area contributed by atoms with E-state index in [1.165, 1.54) is 43.8 Å². The Balaban J connectivity index is 1.08. The highest BCUT2D eigenvalue weighted by molar-refractivity contribution is 6.12. The Morgan fingerprint density at radius 1 is 0.333 bits per heavy atom. The number of hydrogen-bond donors (Lipinski definition) is 0. The monoisotopic (exact) mass is 1170 g/mol. The van der Waals surface area contributed by atoms with Crippen molar-refractivity contribution >= 4 is 55.0 Å². The molecule has 0 saturated carbocycles. The highest BCUT2D eigenvalue weighted by atomic mass is 15.0. The summed E-state index contributed by atoms with van der Waals surface area (Å²) in [6, 6.07) is 74.3. The quantitative estimate of drug-likeness (QED) is 0.142. The molecule has 0 spiro atoms. The number of rotatable bonds is 8. The molecule has 0 unspecified atom stereocenters. The van der Waals surface area contributed by atoms with Crippen molar-refractivity contribution in [1.29, 1.82) is 5.26 Å². The van der Waals surface area contributed by atoms with Gasteiger partial charge in [-0.15, -0.1) is 0 Å². The van der Waals surface area contributed by atoms with Crippen molar-refractivity contribution < 1.29 is 0 Å². The van der Waals surface area contributed by atoms with E-state index in [1.54, 1.807) is 0 Å². The molecule has 0 aliphatic rings. The fourth-order valence-corrected chi connectivity index (χ4v) is 12.5. The second kappa shape index (κ2) is 21.8. The largest absolute Gasteiger partial charge is 0.309 e. The van der Waals surface area contributed by atoms with Crippen molar-refractivity contribution in [3.05, 3.63) is 257 Å². The number of benzene rings is 10. The number of hydrogen-bond acceptors (Lipinski definition) is 4. The van der Waals surface area contributed by atoms with Crippen molar-refractivity contribution in [1.82, 2.24) is 24.1 Å². The van der Waals surface area contributed by atoms with E-state index in [-0.39, 0.29) is 21.7 Å². The molecule has 0 N–H and O–H groups in total. The minimum Gasteiger partial charge on any atom is -0.309 e. The maximum absolute atomic E-state index is 10.4. The fourth-order valence-electron chi connectivity index (χ4n) is 12.5. The van der Waals surface area contributed by atoms with Gasteiger partial charge in [-0.25, -0.2) is 24.6 Å². The minimum atomic E-state index is -0.0758. The van der Waals surface area contributed by atoms with Gasteiger partial charge in [-0.2, -0.15) is 5.26 Å². The molecule has 0 amide bonds. The zero-order chi connectivity index (χ0) is 63.2.